The molecular weight excluding hydrogens is 489 g/mol. The minimum atomic E-state index is -3.54. The van der Waals surface area contributed by atoms with Gasteiger partial charge in [0.2, 0.25) is 0 Å². The van der Waals surface area contributed by atoms with Gasteiger partial charge in [0.15, 0.2) is 9.84 Å². The highest BCUT2D eigenvalue weighted by atomic mass is 35.5. The molecule has 9 heteroatoms. The van der Waals surface area contributed by atoms with Gasteiger partial charge in [-0.15, -0.1) is 11.3 Å². The van der Waals surface area contributed by atoms with E-state index in [0.29, 0.717) is 28.0 Å². The van der Waals surface area contributed by atoms with Crippen LogP contribution in [0, 0.1) is 0 Å². The number of halogens is 2. The summed E-state index contributed by atoms with van der Waals surface area (Å²) in [6.07, 6.45) is 1.16. The van der Waals surface area contributed by atoms with Crippen molar-refractivity contribution in [2.75, 3.05) is 19.3 Å². The van der Waals surface area contributed by atoms with E-state index >= 15 is 0 Å². The highest BCUT2D eigenvalue weighted by Crippen LogP contribution is 2.40. The van der Waals surface area contributed by atoms with Crippen LogP contribution >= 0.6 is 34.5 Å². The van der Waals surface area contributed by atoms with Gasteiger partial charge in [0.1, 0.15) is 4.88 Å². The van der Waals surface area contributed by atoms with Gasteiger partial charge in [0.05, 0.1) is 10.9 Å². The normalized spacial score (nSPS) is 14.4. The summed E-state index contributed by atoms with van der Waals surface area (Å²) in [5, 5.41) is 10.5. The number of thiophene rings is 1. The molecule has 0 radical (unpaired) electrons. The lowest BCUT2D eigenvalue weighted by Crippen LogP contribution is -2.44. The van der Waals surface area contributed by atoms with Crippen LogP contribution < -0.4 is 0 Å². The van der Waals surface area contributed by atoms with Crippen LogP contribution in [0.1, 0.15) is 31.7 Å². The number of aromatic carboxylic acids is 1. The Kier molecular flexibility index (Phi) is 6.47. The van der Waals surface area contributed by atoms with Crippen LogP contribution in [0.3, 0.4) is 0 Å². The summed E-state index contributed by atoms with van der Waals surface area (Å²) < 4.78 is 25.2. The lowest BCUT2D eigenvalue weighted by Gasteiger charge is -2.42. The number of sulfone groups is 1. The van der Waals surface area contributed by atoms with Crippen molar-refractivity contribution in [3.05, 3.63) is 97.2 Å². The van der Waals surface area contributed by atoms with Gasteiger partial charge in [-0.1, -0.05) is 47.5 Å². The quantitative estimate of drug-likeness (QED) is 0.468. The second kappa shape index (κ2) is 9.00. The number of likely N-dealkylation sites (tertiary alicyclic amines) is 1. The second-order valence-electron chi connectivity index (χ2n) is 7.58. The van der Waals surface area contributed by atoms with E-state index in [0.717, 1.165) is 34.3 Å². The van der Waals surface area contributed by atoms with Crippen LogP contribution in [0.15, 0.2) is 66.2 Å². The summed E-state index contributed by atoms with van der Waals surface area (Å²) in [5.74, 6) is -1.07. The Bertz CT molecular complexity index is 1240. The fraction of sp³-hybridized carbons (Fsp3) is 0.174. The molecule has 1 saturated heterocycles. The molecular formula is C23H19Cl2NO4S2. The van der Waals surface area contributed by atoms with Gasteiger partial charge >= 0.3 is 5.97 Å². The summed E-state index contributed by atoms with van der Waals surface area (Å²) in [4.78, 5) is 14.2. The number of nitrogens with zero attached hydrogens (tertiary/aromatic N) is 1. The minimum Gasteiger partial charge on any atom is -0.477 e. The standard InChI is InChI=1S/C23H19Cl2NO4S2/c1-32(29,30)22(19-10-11-20(31-19)23(27)28)16-12-26(13-16)21(14-2-6-17(24)7-3-14)15-4-8-18(25)9-5-15/h2-11,21H,12-13H2,1H3,(H,27,28). The first-order chi connectivity index (χ1) is 15.1. The highest BCUT2D eigenvalue weighted by molar-refractivity contribution is 8.00. The maximum atomic E-state index is 12.6. The summed E-state index contributed by atoms with van der Waals surface area (Å²) in [6.45, 7) is 0.886. The third kappa shape index (κ3) is 4.77. The fourth-order valence-electron chi connectivity index (χ4n) is 3.87. The number of carboxylic acid groups (broad SMARTS) is 1. The third-order valence-electron chi connectivity index (χ3n) is 5.26. The van der Waals surface area contributed by atoms with Crippen molar-refractivity contribution in [1.82, 2.24) is 4.90 Å². The molecule has 1 aromatic heterocycles. The molecule has 1 aliphatic heterocycles. The average molecular weight is 508 g/mol. The predicted octanol–water partition coefficient (Wildman–Crippen LogP) is 5.61. The van der Waals surface area contributed by atoms with Crippen LogP contribution in [-0.4, -0.2) is 43.7 Å². The molecule has 2 aromatic carbocycles. The van der Waals surface area contributed by atoms with E-state index in [1.54, 1.807) is 6.07 Å². The van der Waals surface area contributed by atoms with Crippen LogP contribution in [0.2, 0.25) is 10.0 Å². The molecule has 166 valence electrons. The number of benzene rings is 2. The van der Waals surface area contributed by atoms with Crippen LogP contribution in [0.5, 0.6) is 0 Å². The summed E-state index contributed by atoms with van der Waals surface area (Å²) in [6, 6.07) is 18.1. The molecule has 32 heavy (non-hydrogen) atoms. The monoisotopic (exact) mass is 507 g/mol. The van der Waals surface area contributed by atoms with Crippen LogP contribution in [-0.2, 0) is 9.84 Å². The van der Waals surface area contributed by atoms with E-state index in [4.69, 9.17) is 23.2 Å². The summed E-state index contributed by atoms with van der Waals surface area (Å²) in [5.41, 5.74) is 2.82. The fourth-order valence-corrected chi connectivity index (χ4v) is 6.62. The Hall–Kier alpha value is -2.16. The SMILES string of the molecule is CS(=O)(=O)C(=C1CN(C(c2ccc(Cl)cc2)c2ccc(Cl)cc2)C1)c1ccc(C(=O)O)s1. The van der Waals surface area contributed by atoms with Gasteiger partial charge in [0, 0.05) is 34.3 Å². The number of carbonyl (C=O) groups is 1. The molecule has 1 N–H and O–H groups in total. The Labute approximate surface area is 200 Å². The third-order valence-corrected chi connectivity index (χ3v) is 8.23. The average Bonchev–Trinajstić information content (AvgIpc) is 3.17. The van der Waals surface area contributed by atoms with Crippen molar-refractivity contribution >= 4 is 55.3 Å². The molecule has 0 atom stereocenters. The molecule has 0 saturated carbocycles. The summed E-state index contributed by atoms with van der Waals surface area (Å²) >= 11 is 13.1. The first kappa shape index (κ1) is 23.0. The Morgan fingerprint density at radius 1 is 0.906 bits per heavy atom. The van der Waals surface area contributed by atoms with Crippen molar-refractivity contribution in [2.24, 2.45) is 0 Å². The minimum absolute atomic E-state index is 0.105. The number of carboxylic acids is 1. The Balaban J connectivity index is 1.71. The maximum Gasteiger partial charge on any atom is 0.345 e. The molecule has 1 fully saturated rings. The Morgan fingerprint density at radius 3 is 1.78 bits per heavy atom. The van der Waals surface area contributed by atoms with Crippen molar-refractivity contribution in [2.45, 2.75) is 6.04 Å². The Morgan fingerprint density at radius 2 is 1.38 bits per heavy atom. The molecule has 5 nitrogen and oxygen atoms in total. The number of hydrogen-bond acceptors (Lipinski definition) is 5. The van der Waals surface area contributed by atoms with Gasteiger partial charge in [-0.2, -0.15) is 0 Å². The van der Waals surface area contributed by atoms with E-state index in [9.17, 15) is 18.3 Å². The van der Waals surface area contributed by atoms with E-state index in [-0.39, 0.29) is 15.8 Å². The van der Waals surface area contributed by atoms with Crippen molar-refractivity contribution in [3.63, 3.8) is 0 Å². The number of rotatable bonds is 6. The highest BCUT2D eigenvalue weighted by Gasteiger charge is 2.35. The van der Waals surface area contributed by atoms with Gasteiger partial charge in [-0.05, 0) is 53.1 Å². The zero-order chi connectivity index (χ0) is 23.0. The topological polar surface area (TPSA) is 74.7 Å². The number of hydrogen-bond donors (Lipinski definition) is 1. The van der Waals surface area contributed by atoms with E-state index in [1.165, 1.54) is 6.07 Å². The predicted molar refractivity (Wildman–Crippen MR) is 129 cm³/mol. The summed E-state index contributed by atoms with van der Waals surface area (Å²) in [7, 11) is -3.54. The van der Waals surface area contributed by atoms with E-state index < -0.39 is 15.8 Å². The first-order valence-electron chi connectivity index (χ1n) is 9.64. The van der Waals surface area contributed by atoms with Crippen molar-refractivity contribution in [3.8, 4) is 0 Å². The zero-order valence-corrected chi connectivity index (χ0v) is 20.1. The molecule has 0 unspecified atom stereocenters. The smallest absolute Gasteiger partial charge is 0.345 e. The molecule has 3 aromatic rings. The lowest BCUT2D eigenvalue weighted by atomic mass is 9.92. The lowest BCUT2D eigenvalue weighted by molar-refractivity contribution is 0.0702. The second-order valence-corrected chi connectivity index (χ2v) is 11.5. The van der Waals surface area contributed by atoms with E-state index in [1.807, 2.05) is 48.5 Å². The van der Waals surface area contributed by atoms with Crippen molar-refractivity contribution < 1.29 is 18.3 Å². The molecule has 4 rings (SSSR count). The largest absolute Gasteiger partial charge is 0.477 e. The zero-order valence-electron chi connectivity index (χ0n) is 17.0. The molecule has 0 bridgehead atoms. The molecule has 1 aliphatic rings. The van der Waals surface area contributed by atoms with Gasteiger partial charge < -0.3 is 5.11 Å². The van der Waals surface area contributed by atoms with Crippen LogP contribution in [0.4, 0.5) is 0 Å². The van der Waals surface area contributed by atoms with Crippen LogP contribution in [0.25, 0.3) is 4.91 Å². The van der Waals surface area contributed by atoms with Gasteiger partial charge in [0.25, 0.3) is 0 Å². The molecule has 0 aliphatic carbocycles. The van der Waals surface area contributed by atoms with Gasteiger partial charge in [-0.3, -0.25) is 4.90 Å². The molecule has 0 amide bonds. The molecule has 2 heterocycles. The first-order valence-corrected chi connectivity index (χ1v) is 13.1. The maximum absolute atomic E-state index is 12.6. The van der Waals surface area contributed by atoms with Crippen molar-refractivity contribution in [1.29, 1.82) is 0 Å². The van der Waals surface area contributed by atoms with E-state index in [2.05, 4.69) is 4.90 Å². The molecule has 0 spiro atoms. The van der Waals surface area contributed by atoms with Gasteiger partial charge in [-0.25, -0.2) is 13.2 Å².